The molecular weight excluding hydrogens is 398 g/mol. The Hall–Kier alpha value is -3.36. The van der Waals surface area contributed by atoms with E-state index in [-0.39, 0.29) is 36.7 Å². The minimum Gasteiger partial charge on any atom is -0.360 e. The first-order chi connectivity index (χ1) is 14.9. The molecule has 0 saturated carbocycles. The van der Waals surface area contributed by atoms with Crippen LogP contribution in [0.5, 0.6) is 0 Å². The maximum atomic E-state index is 12.4. The van der Waals surface area contributed by atoms with Gasteiger partial charge in [0.25, 0.3) is 0 Å². The summed E-state index contributed by atoms with van der Waals surface area (Å²) in [5.74, 6) is 0.765. The number of carbonyl (C=O) groups excluding carboxylic acids is 3. The fourth-order valence-electron chi connectivity index (χ4n) is 3.54. The maximum Gasteiger partial charge on any atom is 0.317 e. The lowest BCUT2D eigenvalue weighted by Gasteiger charge is -2.31. The molecular formula is C22H29N5O4. The van der Waals surface area contributed by atoms with Crippen molar-refractivity contribution >= 4 is 23.7 Å². The molecule has 9 nitrogen and oxygen atoms in total. The van der Waals surface area contributed by atoms with E-state index in [0.717, 1.165) is 5.56 Å². The van der Waals surface area contributed by atoms with Gasteiger partial charge >= 0.3 is 6.03 Å². The highest BCUT2D eigenvalue weighted by molar-refractivity contribution is 5.91. The van der Waals surface area contributed by atoms with Crippen molar-refractivity contribution in [3.8, 4) is 0 Å². The van der Waals surface area contributed by atoms with Gasteiger partial charge in [-0.25, -0.2) is 4.79 Å². The summed E-state index contributed by atoms with van der Waals surface area (Å²) in [4.78, 5) is 40.3. The molecule has 3 rings (SSSR count). The topological polar surface area (TPSA) is 108 Å². The number of rotatable bonds is 7. The van der Waals surface area contributed by atoms with E-state index in [4.69, 9.17) is 4.52 Å². The number of nitrogens with zero attached hydrogens (tertiary/aromatic N) is 3. The second-order valence-electron chi connectivity index (χ2n) is 7.79. The normalized spacial score (nSPS) is 14.2. The van der Waals surface area contributed by atoms with E-state index in [9.17, 15) is 14.4 Å². The number of piperidine rings is 1. The summed E-state index contributed by atoms with van der Waals surface area (Å²) in [5, 5.41) is 9.31. The van der Waals surface area contributed by atoms with Crippen molar-refractivity contribution in [1.29, 1.82) is 0 Å². The molecule has 31 heavy (non-hydrogen) atoms. The lowest BCUT2D eigenvalue weighted by atomic mass is 9.95. The van der Waals surface area contributed by atoms with E-state index in [1.54, 1.807) is 29.8 Å². The minimum absolute atomic E-state index is 0.0167. The van der Waals surface area contributed by atoms with Gasteiger partial charge < -0.3 is 25.0 Å². The molecule has 1 aliphatic rings. The Morgan fingerprint density at radius 3 is 2.55 bits per heavy atom. The van der Waals surface area contributed by atoms with Gasteiger partial charge in [0.05, 0.1) is 0 Å². The van der Waals surface area contributed by atoms with Crippen molar-refractivity contribution in [2.24, 2.45) is 5.92 Å². The molecule has 4 amide bonds. The highest BCUT2D eigenvalue weighted by atomic mass is 16.5. The SMILES string of the molecule is Cc1cc(NC(=O)C2CCN(C(=O)CCNC(=O)N(C)Cc3ccccc3)CC2)no1. The third kappa shape index (κ3) is 6.56. The van der Waals surface area contributed by atoms with Crippen LogP contribution < -0.4 is 10.6 Å². The van der Waals surface area contributed by atoms with Gasteiger partial charge in [0.2, 0.25) is 11.8 Å². The average Bonchev–Trinajstić information content (AvgIpc) is 3.18. The van der Waals surface area contributed by atoms with Crippen LogP contribution in [0.25, 0.3) is 0 Å². The zero-order valence-corrected chi connectivity index (χ0v) is 18.0. The molecule has 1 saturated heterocycles. The zero-order valence-electron chi connectivity index (χ0n) is 18.0. The van der Waals surface area contributed by atoms with Gasteiger partial charge in [-0.1, -0.05) is 35.5 Å². The molecule has 2 aromatic rings. The standard InChI is InChI=1S/C22H29N5O4/c1-16-14-19(25-31-16)24-21(29)18-9-12-27(13-10-18)20(28)8-11-23-22(30)26(2)15-17-6-4-3-5-7-17/h3-7,14,18H,8-13,15H2,1-2H3,(H,23,30)(H,24,25,29). The van der Waals surface area contributed by atoms with Gasteiger partial charge in [0.15, 0.2) is 5.82 Å². The van der Waals surface area contributed by atoms with Crippen molar-refractivity contribution in [1.82, 2.24) is 20.3 Å². The van der Waals surface area contributed by atoms with Crippen molar-refractivity contribution in [2.45, 2.75) is 32.7 Å². The first-order valence-corrected chi connectivity index (χ1v) is 10.5. The van der Waals surface area contributed by atoms with Crippen molar-refractivity contribution in [2.75, 3.05) is 32.0 Å². The Morgan fingerprint density at radius 2 is 1.90 bits per heavy atom. The Balaban J connectivity index is 1.34. The second kappa shape index (κ2) is 10.6. The van der Waals surface area contributed by atoms with Crippen molar-refractivity contribution < 1.29 is 18.9 Å². The Morgan fingerprint density at radius 1 is 1.19 bits per heavy atom. The van der Waals surface area contributed by atoms with Crippen molar-refractivity contribution in [3.63, 3.8) is 0 Å². The molecule has 9 heteroatoms. The summed E-state index contributed by atoms with van der Waals surface area (Å²) in [6.45, 7) is 3.59. The molecule has 0 spiro atoms. The van der Waals surface area contributed by atoms with Crippen molar-refractivity contribution in [3.05, 3.63) is 47.7 Å². The zero-order chi connectivity index (χ0) is 22.2. The third-order valence-electron chi connectivity index (χ3n) is 5.32. The van der Waals surface area contributed by atoms with Crippen LogP contribution in [0, 0.1) is 12.8 Å². The minimum atomic E-state index is -0.213. The number of carbonyl (C=O) groups is 3. The molecule has 1 aromatic carbocycles. The largest absolute Gasteiger partial charge is 0.360 e. The predicted octanol–water partition coefficient (Wildman–Crippen LogP) is 2.39. The molecule has 0 atom stereocenters. The van der Waals surface area contributed by atoms with Gasteiger partial charge in [-0.05, 0) is 25.3 Å². The molecule has 0 radical (unpaired) electrons. The molecule has 2 N–H and O–H groups in total. The summed E-state index contributed by atoms with van der Waals surface area (Å²) in [7, 11) is 1.72. The predicted molar refractivity (Wildman–Crippen MR) is 115 cm³/mol. The number of anilines is 1. The van der Waals surface area contributed by atoms with Crippen LogP contribution in [0.4, 0.5) is 10.6 Å². The molecule has 0 unspecified atom stereocenters. The van der Waals surface area contributed by atoms with E-state index >= 15 is 0 Å². The van der Waals surface area contributed by atoms with Crippen LogP contribution in [-0.4, -0.2) is 59.5 Å². The molecule has 0 aliphatic carbocycles. The molecule has 1 aromatic heterocycles. The molecule has 2 heterocycles. The number of urea groups is 1. The maximum absolute atomic E-state index is 12.4. The summed E-state index contributed by atoms with van der Waals surface area (Å²) in [5.41, 5.74) is 1.04. The number of hydrogen-bond donors (Lipinski definition) is 2. The van der Waals surface area contributed by atoms with Crippen LogP contribution in [-0.2, 0) is 16.1 Å². The van der Waals surface area contributed by atoms with E-state index in [1.807, 2.05) is 30.3 Å². The van der Waals surface area contributed by atoms with E-state index in [1.165, 1.54) is 0 Å². The number of aromatic nitrogens is 1. The lowest BCUT2D eigenvalue weighted by Crippen LogP contribution is -2.43. The summed E-state index contributed by atoms with van der Waals surface area (Å²) < 4.78 is 4.95. The number of nitrogens with one attached hydrogen (secondary N) is 2. The average molecular weight is 428 g/mol. The Labute approximate surface area is 181 Å². The van der Waals surface area contributed by atoms with Crippen LogP contribution in [0.2, 0.25) is 0 Å². The van der Waals surface area contributed by atoms with Crippen LogP contribution in [0.15, 0.2) is 40.9 Å². The second-order valence-corrected chi connectivity index (χ2v) is 7.79. The number of likely N-dealkylation sites (tertiary alicyclic amines) is 1. The van der Waals surface area contributed by atoms with Crippen LogP contribution >= 0.6 is 0 Å². The Kier molecular flexibility index (Phi) is 7.64. The lowest BCUT2D eigenvalue weighted by molar-refractivity contribution is -0.134. The fourth-order valence-corrected chi connectivity index (χ4v) is 3.54. The number of benzene rings is 1. The van der Waals surface area contributed by atoms with Crippen LogP contribution in [0.3, 0.4) is 0 Å². The molecule has 0 bridgehead atoms. The van der Waals surface area contributed by atoms with Gasteiger partial charge in [0.1, 0.15) is 5.76 Å². The van der Waals surface area contributed by atoms with Gasteiger partial charge in [-0.3, -0.25) is 9.59 Å². The first kappa shape index (κ1) is 22.3. The third-order valence-corrected chi connectivity index (χ3v) is 5.32. The first-order valence-electron chi connectivity index (χ1n) is 10.5. The van der Waals surface area contributed by atoms with Gasteiger partial charge in [0, 0.05) is 51.6 Å². The monoisotopic (exact) mass is 427 g/mol. The quantitative estimate of drug-likeness (QED) is 0.705. The van der Waals surface area contributed by atoms with Gasteiger partial charge in [-0.2, -0.15) is 0 Å². The molecule has 1 aliphatic heterocycles. The van der Waals surface area contributed by atoms with Crippen LogP contribution in [0.1, 0.15) is 30.6 Å². The summed E-state index contributed by atoms with van der Waals surface area (Å²) in [6.07, 6.45) is 1.43. The summed E-state index contributed by atoms with van der Waals surface area (Å²) >= 11 is 0. The number of hydrogen-bond acceptors (Lipinski definition) is 5. The van der Waals surface area contributed by atoms with E-state index in [0.29, 0.717) is 44.1 Å². The molecule has 166 valence electrons. The highest BCUT2D eigenvalue weighted by Crippen LogP contribution is 2.20. The van der Waals surface area contributed by atoms with E-state index in [2.05, 4.69) is 15.8 Å². The molecule has 1 fully saturated rings. The number of amides is 4. The smallest absolute Gasteiger partial charge is 0.317 e. The van der Waals surface area contributed by atoms with E-state index < -0.39 is 0 Å². The highest BCUT2D eigenvalue weighted by Gasteiger charge is 2.27. The Bertz CT molecular complexity index is 890. The fraction of sp³-hybridized carbons (Fsp3) is 0.455. The number of aryl methyl sites for hydroxylation is 1. The van der Waals surface area contributed by atoms with Gasteiger partial charge in [-0.15, -0.1) is 0 Å². The summed E-state index contributed by atoms with van der Waals surface area (Å²) in [6, 6.07) is 11.2.